The zero-order valence-corrected chi connectivity index (χ0v) is 22.3. The highest BCUT2D eigenvalue weighted by Gasteiger charge is 2.38. The number of halogens is 1. The molecule has 0 spiro atoms. The fourth-order valence-electron chi connectivity index (χ4n) is 5.00. The van der Waals surface area contributed by atoms with E-state index in [4.69, 9.17) is 4.98 Å². The molecule has 3 atom stereocenters. The first-order valence-electron chi connectivity index (χ1n) is 13.2. The molecule has 0 bridgehead atoms. The van der Waals surface area contributed by atoms with E-state index < -0.39 is 11.2 Å². The highest BCUT2D eigenvalue weighted by Crippen LogP contribution is 2.34. The van der Waals surface area contributed by atoms with Gasteiger partial charge in [0.2, 0.25) is 5.91 Å². The number of anilines is 2. The topological polar surface area (TPSA) is 112 Å². The summed E-state index contributed by atoms with van der Waals surface area (Å²) in [4.78, 5) is 24.8. The minimum absolute atomic E-state index is 0.0383. The largest absolute Gasteiger partial charge is 0.356 e. The lowest BCUT2D eigenvalue weighted by Crippen LogP contribution is -2.48. The summed E-state index contributed by atoms with van der Waals surface area (Å²) in [5.41, 5.74) is 8.04. The van der Waals surface area contributed by atoms with Gasteiger partial charge in [0.25, 0.3) is 0 Å². The highest BCUT2D eigenvalue weighted by atomic mass is 19.1. The maximum absolute atomic E-state index is 13.3. The number of nitrogens with one attached hydrogen (secondary N) is 4. The number of hydrogen-bond acceptors (Lipinski definition) is 8. The van der Waals surface area contributed by atoms with Crippen LogP contribution in [0.1, 0.15) is 57.2 Å². The molecule has 2 saturated heterocycles. The molecule has 0 aliphatic carbocycles. The first-order chi connectivity index (χ1) is 18.2. The molecule has 3 aromatic heterocycles. The minimum Gasteiger partial charge on any atom is -0.356 e. The molecule has 2 aliphatic rings. The number of pyridine rings is 2. The maximum atomic E-state index is 13.3. The van der Waals surface area contributed by atoms with Crippen LogP contribution in [-0.4, -0.2) is 51.0 Å². The summed E-state index contributed by atoms with van der Waals surface area (Å²) in [5.74, 6) is 1.93. The summed E-state index contributed by atoms with van der Waals surface area (Å²) >= 11 is 0. The van der Waals surface area contributed by atoms with E-state index in [0.29, 0.717) is 11.9 Å². The summed E-state index contributed by atoms with van der Waals surface area (Å²) < 4.78 is 14.6. The smallest absolute Gasteiger partial charge is 0.226 e. The molecule has 2 fully saturated rings. The molecule has 10 nitrogen and oxygen atoms in total. The molecule has 1 amide bonds. The van der Waals surface area contributed by atoms with Crippen molar-refractivity contribution in [2.75, 3.05) is 23.3 Å². The van der Waals surface area contributed by atoms with E-state index in [-0.39, 0.29) is 18.1 Å². The van der Waals surface area contributed by atoms with Crippen molar-refractivity contribution in [3.05, 3.63) is 59.8 Å². The SMILES string of the molecule is Cc1cc(NC2CC(C)NN2)nc(N2CCC(C)(C(=O)N[C@@H](C)c3ccc(-n4cc(F)cn4)nc3)CC2)c1. The van der Waals surface area contributed by atoms with Gasteiger partial charge in [-0.2, -0.15) is 5.10 Å². The molecule has 5 rings (SSSR count). The second kappa shape index (κ2) is 10.7. The Labute approximate surface area is 222 Å². The molecule has 4 N–H and O–H groups in total. The average Bonchev–Trinajstić information content (AvgIpc) is 3.51. The number of carbonyl (C=O) groups is 1. The van der Waals surface area contributed by atoms with Crippen LogP contribution < -0.4 is 26.4 Å². The summed E-state index contributed by atoms with van der Waals surface area (Å²) in [6, 6.07) is 8.02. The van der Waals surface area contributed by atoms with Crippen molar-refractivity contribution < 1.29 is 9.18 Å². The van der Waals surface area contributed by atoms with E-state index in [9.17, 15) is 9.18 Å². The molecule has 0 saturated carbocycles. The van der Waals surface area contributed by atoms with Crippen LogP contribution in [0.4, 0.5) is 16.0 Å². The lowest BCUT2D eigenvalue weighted by atomic mass is 9.79. The van der Waals surface area contributed by atoms with Crippen LogP contribution in [0.5, 0.6) is 0 Å². The number of hydrazine groups is 1. The monoisotopic (exact) mass is 521 g/mol. The second-order valence-corrected chi connectivity index (χ2v) is 10.8. The van der Waals surface area contributed by atoms with Crippen LogP contribution in [0.2, 0.25) is 0 Å². The van der Waals surface area contributed by atoms with Crippen molar-refractivity contribution >= 4 is 17.5 Å². The van der Waals surface area contributed by atoms with Crippen LogP contribution in [0, 0.1) is 18.2 Å². The summed E-state index contributed by atoms with van der Waals surface area (Å²) in [6.45, 7) is 9.72. The van der Waals surface area contributed by atoms with E-state index in [1.165, 1.54) is 10.9 Å². The van der Waals surface area contributed by atoms with E-state index >= 15 is 0 Å². The van der Waals surface area contributed by atoms with Gasteiger partial charge in [-0.1, -0.05) is 13.0 Å². The zero-order chi connectivity index (χ0) is 26.9. The van der Waals surface area contributed by atoms with Crippen molar-refractivity contribution in [3.8, 4) is 5.82 Å². The van der Waals surface area contributed by atoms with Gasteiger partial charge in [0.05, 0.1) is 24.6 Å². The van der Waals surface area contributed by atoms with Crippen LogP contribution in [0.15, 0.2) is 42.9 Å². The number of amides is 1. The van der Waals surface area contributed by atoms with Crippen molar-refractivity contribution in [1.29, 1.82) is 0 Å². The number of nitrogens with zero attached hydrogens (tertiary/aromatic N) is 5. The Bertz CT molecular complexity index is 1270. The first-order valence-corrected chi connectivity index (χ1v) is 13.2. The maximum Gasteiger partial charge on any atom is 0.226 e. The van der Waals surface area contributed by atoms with E-state index in [1.807, 2.05) is 19.9 Å². The number of hydrogen-bond donors (Lipinski definition) is 4. The molecule has 202 valence electrons. The van der Waals surface area contributed by atoms with Crippen molar-refractivity contribution in [1.82, 2.24) is 35.9 Å². The van der Waals surface area contributed by atoms with Crippen LogP contribution in [0.3, 0.4) is 0 Å². The van der Waals surface area contributed by atoms with Gasteiger partial charge in [0.15, 0.2) is 11.6 Å². The molecule has 38 heavy (non-hydrogen) atoms. The van der Waals surface area contributed by atoms with Gasteiger partial charge >= 0.3 is 0 Å². The summed E-state index contributed by atoms with van der Waals surface area (Å²) in [5, 5.41) is 10.6. The fourth-order valence-corrected chi connectivity index (χ4v) is 5.00. The van der Waals surface area contributed by atoms with Gasteiger partial charge in [-0.3, -0.25) is 10.2 Å². The average molecular weight is 522 g/mol. The van der Waals surface area contributed by atoms with E-state index in [2.05, 4.69) is 62.4 Å². The van der Waals surface area contributed by atoms with Crippen LogP contribution >= 0.6 is 0 Å². The van der Waals surface area contributed by atoms with Gasteiger partial charge in [0.1, 0.15) is 11.6 Å². The van der Waals surface area contributed by atoms with Gasteiger partial charge in [0, 0.05) is 30.7 Å². The lowest BCUT2D eigenvalue weighted by molar-refractivity contribution is -0.132. The third-order valence-electron chi connectivity index (χ3n) is 7.51. The van der Waals surface area contributed by atoms with E-state index in [1.54, 1.807) is 12.3 Å². The third kappa shape index (κ3) is 5.78. The van der Waals surface area contributed by atoms with Crippen LogP contribution in [0.25, 0.3) is 5.82 Å². The summed E-state index contributed by atoms with van der Waals surface area (Å²) in [7, 11) is 0. The second-order valence-electron chi connectivity index (χ2n) is 10.8. The molecule has 5 heterocycles. The van der Waals surface area contributed by atoms with Crippen molar-refractivity contribution in [2.45, 2.75) is 65.2 Å². The quantitative estimate of drug-likeness (QED) is 0.375. The molecule has 2 unspecified atom stereocenters. The Hall–Kier alpha value is -3.57. The Balaban J connectivity index is 1.17. The Morgan fingerprint density at radius 2 is 1.97 bits per heavy atom. The molecule has 0 radical (unpaired) electrons. The first kappa shape index (κ1) is 26.1. The Kier molecular flexibility index (Phi) is 7.31. The van der Waals surface area contributed by atoms with Crippen LogP contribution in [-0.2, 0) is 4.79 Å². The Morgan fingerprint density at radius 1 is 1.18 bits per heavy atom. The molecular weight excluding hydrogens is 485 g/mol. The predicted molar refractivity (Wildman–Crippen MR) is 144 cm³/mol. The number of rotatable bonds is 7. The van der Waals surface area contributed by atoms with Gasteiger partial charge < -0.3 is 15.5 Å². The fraction of sp³-hybridized carbons (Fsp3) is 0.481. The van der Waals surface area contributed by atoms with Crippen molar-refractivity contribution in [3.63, 3.8) is 0 Å². The van der Waals surface area contributed by atoms with Gasteiger partial charge in [-0.15, -0.1) is 0 Å². The third-order valence-corrected chi connectivity index (χ3v) is 7.51. The molecule has 0 aromatic carbocycles. The van der Waals surface area contributed by atoms with Gasteiger partial charge in [-0.25, -0.2) is 24.5 Å². The number of aryl methyl sites for hydroxylation is 1. The Morgan fingerprint density at radius 3 is 2.61 bits per heavy atom. The molecular formula is C27H36FN9O. The number of piperidine rings is 1. The number of aromatic nitrogens is 4. The molecule has 2 aliphatic heterocycles. The predicted octanol–water partition coefficient (Wildman–Crippen LogP) is 3.22. The highest BCUT2D eigenvalue weighted by molar-refractivity contribution is 5.83. The zero-order valence-electron chi connectivity index (χ0n) is 22.3. The standard InChI is InChI=1S/C27H36FN9O/c1-17-11-22(32-23-13-18(2)34-35-23)33-25(12-17)36-9-7-27(4,8-10-36)26(38)31-19(3)20-5-6-24(29-14-20)37-16-21(28)15-30-37/h5-6,11-12,14-16,18-19,23,34-35H,7-10,13H2,1-4H3,(H,31,38)(H,32,33)/t18?,19-,23?/m0/s1. The minimum atomic E-state index is -0.467. The van der Waals surface area contributed by atoms with Crippen molar-refractivity contribution in [2.24, 2.45) is 5.41 Å². The van der Waals surface area contributed by atoms with Gasteiger partial charge in [-0.05, 0) is 69.4 Å². The normalized spacial score (nSPS) is 21.8. The lowest BCUT2D eigenvalue weighted by Gasteiger charge is -2.39. The summed E-state index contributed by atoms with van der Waals surface area (Å²) in [6.07, 6.45) is 6.69. The molecule has 3 aromatic rings. The number of carbonyl (C=O) groups excluding carboxylic acids is 1. The van der Waals surface area contributed by atoms with E-state index in [0.717, 1.165) is 61.3 Å². The molecule has 11 heteroatoms.